The maximum absolute atomic E-state index is 3.45. The summed E-state index contributed by atoms with van der Waals surface area (Å²) in [6, 6.07) is 30.5. The molecule has 0 fully saturated rings. The van der Waals surface area contributed by atoms with E-state index in [9.17, 15) is 0 Å². The molecule has 0 saturated heterocycles. The van der Waals surface area contributed by atoms with Crippen molar-refractivity contribution in [2.75, 3.05) is 0 Å². The van der Waals surface area contributed by atoms with Gasteiger partial charge in [-0.25, -0.2) is 0 Å². The molecule has 0 aromatic heterocycles. The number of fused-ring (bicyclic) bond motifs is 2. The Kier molecular flexibility index (Phi) is 7.22. The molecule has 5 rings (SSSR count). The molecule has 0 amide bonds. The molecular weight excluding hydrogens is 472 g/mol. The molecule has 0 spiro atoms. The molecule has 3 atom stereocenters. The van der Waals surface area contributed by atoms with Gasteiger partial charge in [-0.15, -0.1) is 0 Å². The molecule has 0 nitrogen and oxygen atoms in total. The van der Waals surface area contributed by atoms with Crippen LogP contribution in [-0.2, 0) is 14.6 Å². The van der Waals surface area contributed by atoms with Gasteiger partial charge in [-0.1, -0.05) is 0 Å². The van der Waals surface area contributed by atoms with Crippen LogP contribution in [0.15, 0.2) is 91.0 Å². The van der Waals surface area contributed by atoms with Crippen LogP contribution in [0.5, 0.6) is 0 Å². The summed E-state index contributed by atoms with van der Waals surface area (Å²) in [4.78, 5) is 0. The van der Waals surface area contributed by atoms with Crippen molar-refractivity contribution in [3.8, 4) is 0 Å². The van der Waals surface area contributed by atoms with E-state index < -0.39 is 21.2 Å². The zero-order valence-corrected chi connectivity index (χ0v) is 24.5. The fourth-order valence-corrected chi connectivity index (χ4v) is 41.7. The summed E-state index contributed by atoms with van der Waals surface area (Å²) in [5, 5.41) is 1.70. The Hall–Kier alpha value is -1.93. The number of benzene rings is 3. The molecule has 0 heterocycles. The van der Waals surface area contributed by atoms with Gasteiger partial charge in [0.05, 0.1) is 0 Å². The Bertz CT molecular complexity index is 1150. The van der Waals surface area contributed by atoms with E-state index in [-0.39, 0.29) is 0 Å². The van der Waals surface area contributed by atoms with Crippen molar-refractivity contribution < 1.29 is 14.6 Å². The molecule has 2 aliphatic rings. The zero-order valence-electron chi connectivity index (χ0n) is 21.8. The van der Waals surface area contributed by atoms with E-state index in [0.29, 0.717) is 8.45 Å². The van der Waals surface area contributed by atoms with Gasteiger partial charge in [0.25, 0.3) is 0 Å². The first-order valence-electron chi connectivity index (χ1n) is 13.9. The Morgan fingerprint density at radius 2 is 1.09 bits per heavy atom. The second-order valence-corrected chi connectivity index (χ2v) is 33.2. The van der Waals surface area contributed by atoms with Crippen molar-refractivity contribution in [3.05, 3.63) is 113 Å². The standard InChI is InChI=1S/2C9H7.C7H9Si.2C4H9.Ti/c2*1-2-5-9-7-3-6-8(9)4-1;1-8-7-5-3-2-4-6-7;2*1-3-4-2;/h2*1-7H;2-6,8H,1H3;2*1,3-4H2,2H3;. The molecule has 0 aliphatic heterocycles. The summed E-state index contributed by atoms with van der Waals surface area (Å²) >= 11 is -3.45. The SMILES string of the molecule is CCC[CH2][Ti]([CH2]CCC)([CH]1C=Cc2ccccc21)([CH]1C=Cc2ccccc21)[SiH](C)c1ccccc1. The number of allylic oxidation sites excluding steroid dienone is 2. The van der Waals surface area contributed by atoms with E-state index in [2.05, 4.69) is 124 Å². The topological polar surface area (TPSA) is 0 Å². The van der Waals surface area contributed by atoms with Gasteiger partial charge in [-0.05, 0) is 0 Å². The number of hydrogen-bond acceptors (Lipinski definition) is 0. The predicted molar refractivity (Wildman–Crippen MR) is 155 cm³/mol. The third kappa shape index (κ3) is 3.91. The second kappa shape index (κ2) is 10.2. The Morgan fingerprint density at radius 1 is 0.629 bits per heavy atom. The van der Waals surface area contributed by atoms with Crippen molar-refractivity contribution in [3.63, 3.8) is 0 Å². The Labute approximate surface area is 214 Å². The van der Waals surface area contributed by atoms with Crippen LogP contribution in [-0.4, -0.2) is 6.66 Å². The van der Waals surface area contributed by atoms with E-state index in [1.165, 1.54) is 46.3 Å². The van der Waals surface area contributed by atoms with Crippen LogP contribution in [0.25, 0.3) is 12.2 Å². The van der Waals surface area contributed by atoms with E-state index in [1.54, 1.807) is 16.3 Å². The molecule has 3 aromatic rings. The van der Waals surface area contributed by atoms with Crippen molar-refractivity contribution >= 4 is 24.0 Å². The number of unbranched alkanes of at least 4 members (excludes halogenated alkanes) is 2. The van der Waals surface area contributed by atoms with Crippen molar-refractivity contribution in [2.45, 2.75) is 64.0 Å². The van der Waals surface area contributed by atoms with Crippen LogP contribution in [0, 0.1) is 0 Å². The van der Waals surface area contributed by atoms with Gasteiger partial charge in [0.2, 0.25) is 0 Å². The minimum absolute atomic E-state index is 0.629. The monoisotopic (exact) mass is 513 g/mol. The summed E-state index contributed by atoms with van der Waals surface area (Å²) in [5.41, 5.74) is 6.24. The molecule has 181 valence electrons. The maximum atomic E-state index is 2.78. The predicted octanol–water partition coefficient (Wildman–Crippen LogP) is 8.91. The molecule has 0 radical (unpaired) electrons. The van der Waals surface area contributed by atoms with E-state index in [4.69, 9.17) is 0 Å². The number of hydrogen-bond donors (Lipinski definition) is 0. The van der Waals surface area contributed by atoms with Crippen LogP contribution in [0.1, 0.15) is 70.2 Å². The molecule has 0 N–H and O–H groups in total. The van der Waals surface area contributed by atoms with Gasteiger partial charge in [-0.2, -0.15) is 0 Å². The normalized spacial score (nSPS) is 20.3. The van der Waals surface area contributed by atoms with Crippen molar-refractivity contribution in [1.29, 1.82) is 0 Å². The molecule has 35 heavy (non-hydrogen) atoms. The van der Waals surface area contributed by atoms with Crippen LogP contribution < -0.4 is 5.19 Å². The first-order valence-corrected chi connectivity index (χ1v) is 22.9. The first-order chi connectivity index (χ1) is 17.1. The summed E-state index contributed by atoms with van der Waals surface area (Å²) in [7, 11) is 0. The van der Waals surface area contributed by atoms with Gasteiger partial charge < -0.3 is 0 Å². The van der Waals surface area contributed by atoms with Gasteiger partial charge in [0.15, 0.2) is 0 Å². The van der Waals surface area contributed by atoms with Crippen LogP contribution >= 0.6 is 0 Å². The third-order valence-electron chi connectivity index (χ3n) is 9.89. The van der Waals surface area contributed by atoms with E-state index in [1.807, 2.05) is 0 Å². The summed E-state index contributed by atoms with van der Waals surface area (Å²) in [6.07, 6.45) is 15.7. The summed E-state index contributed by atoms with van der Waals surface area (Å²) < 4.78 is 4.21. The Morgan fingerprint density at radius 3 is 1.57 bits per heavy atom. The summed E-state index contributed by atoms with van der Waals surface area (Å²) in [5.74, 6) is 0. The van der Waals surface area contributed by atoms with Crippen molar-refractivity contribution in [2.24, 2.45) is 0 Å². The van der Waals surface area contributed by atoms with Crippen LogP contribution in [0.2, 0.25) is 16.0 Å². The zero-order chi connectivity index (χ0) is 24.3. The van der Waals surface area contributed by atoms with Gasteiger partial charge in [-0.3, -0.25) is 0 Å². The molecule has 2 heteroatoms. The molecule has 0 saturated carbocycles. The second-order valence-electron chi connectivity index (χ2n) is 11.2. The van der Waals surface area contributed by atoms with E-state index >= 15 is 0 Å². The summed E-state index contributed by atoms with van der Waals surface area (Å²) in [6.45, 7) is 6.25. The van der Waals surface area contributed by atoms with E-state index in [0.717, 1.165) is 0 Å². The van der Waals surface area contributed by atoms with Gasteiger partial charge in [0, 0.05) is 0 Å². The fraction of sp³-hybridized carbons (Fsp3) is 0.333. The molecule has 2 aliphatic carbocycles. The first kappa shape index (κ1) is 24.8. The van der Waals surface area contributed by atoms with Gasteiger partial charge >= 0.3 is 216 Å². The van der Waals surface area contributed by atoms with Crippen molar-refractivity contribution in [1.82, 2.24) is 0 Å². The minimum atomic E-state index is -3.45. The average Bonchev–Trinajstić information content (AvgIpc) is 3.56. The van der Waals surface area contributed by atoms with Crippen LogP contribution in [0.4, 0.5) is 0 Å². The molecular formula is C33H41SiTi. The average molecular weight is 514 g/mol. The molecule has 0 bridgehead atoms. The quantitative estimate of drug-likeness (QED) is 0.237. The third-order valence-corrected chi connectivity index (χ3v) is 42.3. The molecule has 3 aromatic carbocycles. The Balaban J connectivity index is 1.86. The fourth-order valence-electron chi connectivity index (χ4n) is 8.09. The number of rotatable bonds is 10. The molecule has 3 unspecified atom stereocenters. The van der Waals surface area contributed by atoms with Crippen LogP contribution in [0.3, 0.4) is 0 Å². The van der Waals surface area contributed by atoms with Gasteiger partial charge in [0.1, 0.15) is 0 Å².